The van der Waals surface area contributed by atoms with Crippen molar-refractivity contribution in [1.82, 2.24) is 0 Å². The second-order valence-corrected chi connectivity index (χ2v) is 5.87. The molecule has 0 saturated heterocycles. The molecule has 8 heteroatoms. The van der Waals surface area contributed by atoms with Gasteiger partial charge in [0, 0.05) is 0 Å². The van der Waals surface area contributed by atoms with E-state index in [1.807, 2.05) is 13.8 Å². The Labute approximate surface area is 108 Å². The van der Waals surface area contributed by atoms with Crippen LogP contribution in [0.15, 0.2) is 17.0 Å². The molecule has 0 amide bonds. The lowest BCUT2D eigenvalue weighted by atomic mass is 10.1. The van der Waals surface area contributed by atoms with Crippen molar-refractivity contribution in [1.29, 1.82) is 0 Å². The molecule has 0 spiro atoms. The van der Waals surface area contributed by atoms with Crippen molar-refractivity contribution in [3.8, 4) is 5.75 Å². The zero-order valence-corrected chi connectivity index (χ0v) is 11.4. The molecule has 0 bridgehead atoms. The number of benzene rings is 1. The number of aldehydes is 1. The summed E-state index contributed by atoms with van der Waals surface area (Å²) < 4.78 is 62.6. The van der Waals surface area contributed by atoms with Crippen LogP contribution in [-0.2, 0) is 6.42 Å². The second kappa shape index (κ2) is 4.66. The molecule has 0 atom stereocenters. The molecule has 19 heavy (non-hydrogen) atoms. The fourth-order valence-corrected chi connectivity index (χ4v) is 1.99. The standard InChI is InChI=1S/C9H9F5O2S.C2H6/c1-2-6-3-8(17(10,11,12,13)14)4-7(5-15)9(6)16;1-2/h3-5,16H,2H2,1H3;1-2H3. The summed E-state index contributed by atoms with van der Waals surface area (Å²) in [7, 11) is -9.83. The molecule has 1 rings (SSSR count). The molecule has 1 N–H and O–H groups in total. The topological polar surface area (TPSA) is 37.3 Å². The summed E-state index contributed by atoms with van der Waals surface area (Å²) >= 11 is 0. The Morgan fingerprint density at radius 2 is 1.63 bits per heavy atom. The van der Waals surface area contributed by atoms with Gasteiger partial charge in [-0.3, -0.25) is 4.79 Å². The number of hydrogen-bond acceptors (Lipinski definition) is 2. The summed E-state index contributed by atoms with van der Waals surface area (Å²) in [5.74, 6) is -0.701. The average Bonchev–Trinajstić information content (AvgIpc) is 2.28. The van der Waals surface area contributed by atoms with Gasteiger partial charge in [0.2, 0.25) is 0 Å². The molecule has 0 aromatic heterocycles. The normalized spacial score (nSPS) is 14.7. The lowest BCUT2D eigenvalue weighted by molar-refractivity contribution is 0.112. The fourth-order valence-electron chi connectivity index (χ4n) is 1.27. The molecule has 1 aromatic carbocycles. The quantitative estimate of drug-likeness (QED) is 0.595. The number of carbonyl (C=O) groups excluding carboxylic acids is 1. The highest BCUT2D eigenvalue weighted by atomic mass is 32.5. The highest BCUT2D eigenvalue weighted by molar-refractivity contribution is 8.45. The SMILES string of the molecule is CC.CCc1cc(S(F)(F)(F)(F)F)cc(C=O)c1O. The maximum absolute atomic E-state index is 12.5. The van der Waals surface area contributed by atoms with Gasteiger partial charge in [-0.05, 0) is 24.1 Å². The van der Waals surface area contributed by atoms with Gasteiger partial charge < -0.3 is 5.11 Å². The number of rotatable bonds is 3. The van der Waals surface area contributed by atoms with E-state index in [-0.39, 0.29) is 30.4 Å². The van der Waals surface area contributed by atoms with Crippen LogP contribution in [0.1, 0.15) is 36.7 Å². The summed E-state index contributed by atoms with van der Waals surface area (Å²) in [5, 5.41) is 9.32. The summed E-state index contributed by atoms with van der Waals surface area (Å²) in [6, 6.07) is 0.132. The van der Waals surface area contributed by atoms with E-state index in [4.69, 9.17) is 0 Å². The Morgan fingerprint density at radius 3 is 1.95 bits per heavy atom. The van der Waals surface area contributed by atoms with Gasteiger partial charge in [-0.2, -0.15) is 0 Å². The smallest absolute Gasteiger partial charge is 0.310 e. The van der Waals surface area contributed by atoms with E-state index in [0.717, 1.165) is 0 Å². The van der Waals surface area contributed by atoms with Crippen molar-refractivity contribution in [3.05, 3.63) is 23.3 Å². The minimum atomic E-state index is -9.83. The maximum Gasteiger partial charge on any atom is 0.310 e. The van der Waals surface area contributed by atoms with Crippen molar-refractivity contribution in [2.24, 2.45) is 0 Å². The first-order valence-electron chi connectivity index (χ1n) is 5.44. The number of aromatic hydroxyl groups is 1. The number of hydrogen-bond donors (Lipinski definition) is 1. The zero-order chi connectivity index (χ0) is 15.5. The van der Waals surface area contributed by atoms with Crippen molar-refractivity contribution < 1.29 is 29.3 Å². The van der Waals surface area contributed by atoms with Crippen molar-refractivity contribution >= 4 is 16.5 Å². The van der Waals surface area contributed by atoms with E-state index >= 15 is 0 Å². The van der Waals surface area contributed by atoms with E-state index < -0.39 is 26.4 Å². The Bertz CT molecular complexity index is 481. The van der Waals surface area contributed by atoms with Crippen LogP contribution in [0, 0.1) is 0 Å². The van der Waals surface area contributed by atoms with Crippen LogP contribution in [-0.4, -0.2) is 11.4 Å². The van der Waals surface area contributed by atoms with Gasteiger partial charge in [-0.1, -0.05) is 40.2 Å². The molecule has 2 nitrogen and oxygen atoms in total. The lowest BCUT2D eigenvalue weighted by Gasteiger charge is -2.40. The lowest BCUT2D eigenvalue weighted by Crippen LogP contribution is -2.07. The molecular weight excluding hydrogens is 291 g/mol. The minimum Gasteiger partial charge on any atom is -0.507 e. The first-order chi connectivity index (χ1) is 8.38. The average molecular weight is 306 g/mol. The Morgan fingerprint density at radius 1 is 1.16 bits per heavy atom. The van der Waals surface area contributed by atoms with Crippen LogP contribution >= 0.6 is 10.2 Å². The van der Waals surface area contributed by atoms with Crippen LogP contribution in [0.3, 0.4) is 0 Å². The van der Waals surface area contributed by atoms with Crippen LogP contribution in [0.25, 0.3) is 0 Å². The van der Waals surface area contributed by atoms with Gasteiger partial charge in [0.1, 0.15) is 10.6 Å². The molecule has 1 aromatic rings. The third-order valence-electron chi connectivity index (χ3n) is 2.15. The number of aryl methyl sites for hydroxylation is 1. The third-order valence-corrected chi connectivity index (χ3v) is 3.27. The van der Waals surface area contributed by atoms with E-state index in [1.54, 1.807) is 0 Å². The first-order valence-corrected chi connectivity index (χ1v) is 7.39. The molecule has 0 saturated carbocycles. The van der Waals surface area contributed by atoms with Gasteiger partial charge >= 0.3 is 10.2 Å². The fraction of sp³-hybridized carbons (Fsp3) is 0.364. The van der Waals surface area contributed by atoms with Crippen LogP contribution in [0.2, 0.25) is 0 Å². The Hall–Kier alpha value is -1.31. The van der Waals surface area contributed by atoms with Crippen LogP contribution in [0.5, 0.6) is 5.75 Å². The van der Waals surface area contributed by atoms with Gasteiger partial charge in [0.15, 0.2) is 6.29 Å². The number of halogens is 5. The largest absolute Gasteiger partial charge is 0.507 e. The molecule has 112 valence electrons. The Kier molecular flexibility index (Phi) is 4.34. The maximum atomic E-state index is 12.5. The summed E-state index contributed by atoms with van der Waals surface area (Å²) in [5.41, 5.74) is -1.15. The van der Waals surface area contributed by atoms with Gasteiger partial charge in [0.05, 0.1) is 5.56 Å². The molecular formula is C11H15F5O2S. The van der Waals surface area contributed by atoms with E-state index in [9.17, 15) is 29.3 Å². The number of phenols is 1. The molecule has 0 unspecified atom stereocenters. The molecule has 0 aliphatic carbocycles. The number of phenolic OH excluding ortho intramolecular Hbond substituents is 1. The van der Waals surface area contributed by atoms with E-state index in [1.165, 1.54) is 6.92 Å². The van der Waals surface area contributed by atoms with E-state index in [0.29, 0.717) is 0 Å². The minimum absolute atomic E-state index is 0.0386. The Balaban J connectivity index is 0.00000154. The summed E-state index contributed by atoms with van der Waals surface area (Å²) in [6.45, 7) is 5.37. The van der Waals surface area contributed by atoms with Gasteiger partial charge in [0.25, 0.3) is 0 Å². The van der Waals surface area contributed by atoms with Gasteiger partial charge in [-0.25, -0.2) is 0 Å². The van der Waals surface area contributed by atoms with E-state index in [2.05, 4.69) is 0 Å². The molecule has 0 heterocycles. The third kappa shape index (κ3) is 4.38. The molecule has 0 radical (unpaired) electrons. The molecule has 0 aliphatic heterocycles. The first kappa shape index (κ1) is 17.7. The highest BCUT2D eigenvalue weighted by Crippen LogP contribution is 3.02. The predicted octanol–water partition coefficient (Wildman–Crippen LogP) is 5.45. The number of carbonyl (C=O) groups is 1. The highest BCUT2D eigenvalue weighted by Gasteiger charge is 2.65. The van der Waals surface area contributed by atoms with Crippen molar-refractivity contribution in [2.45, 2.75) is 32.1 Å². The second-order valence-electron chi connectivity index (χ2n) is 3.46. The van der Waals surface area contributed by atoms with Crippen molar-refractivity contribution in [3.63, 3.8) is 0 Å². The monoisotopic (exact) mass is 306 g/mol. The van der Waals surface area contributed by atoms with Gasteiger partial charge in [-0.15, -0.1) is 0 Å². The zero-order valence-electron chi connectivity index (χ0n) is 10.6. The van der Waals surface area contributed by atoms with Crippen LogP contribution < -0.4 is 0 Å². The van der Waals surface area contributed by atoms with Crippen molar-refractivity contribution in [2.75, 3.05) is 0 Å². The summed E-state index contributed by atoms with van der Waals surface area (Å²) in [4.78, 5) is 8.26. The molecule has 0 fully saturated rings. The molecule has 0 aliphatic rings. The predicted molar refractivity (Wildman–Crippen MR) is 65.6 cm³/mol. The van der Waals surface area contributed by atoms with Crippen LogP contribution in [0.4, 0.5) is 19.4 Å². The summed E-state index contributed by atoms with van der Waals surface area (Å²) in [6.07, 6.45) is -0.199.